The van der Waals surface area contributed by atoms with Gasteiger partial charge in [0, 0.05) is 44.1 Å². The van der Waals surface area contributed by atoms with E-state index < -0.39 is 15.6 Å². The van der Waals surface area contributed by atoms with E-state index in [0.717, 1.165) is 24.0 Å². The van der Waals surface area contributed by atoms with Gasteiger partial charge in [-0.1, -0.05) is 36.4 Å². The van der Waals surface area contributed by atoms with Crippen LogP contribution in [0.15, 0.2) is 84.0 Å². The van der Waals surface area contributed by atoms with Crippen molar-refractivity contribution in [2.45, 2.75) is 63.6 Å². The molecule has 0 unspecified atom stereocenters. The topological polar surface area (TPSA) is 136 Å². The van der Waals surface area contributed by atoms with Crippen LogP contribution in [0.2, 0.25) is 0 Å². The van der Waals surface area contributed by atoms with Gasteiger partial charge >= 0.3 is 6.09 Å². The molecule has 1 fully saturated rings. The molecule has 2 N–H and O–H groups in total. The summed E-state index contributed by atoms with van der Waals surface area (Å²) in [4.78, 5) is 28.0. The lowest BCUT2D eigenvalue weighted by Gasteiger charge is -2.34. The highest BCUT2D eigenvalue weighted by atomic mass is 32.2. The van der Waals surface area contributed by atoms with Gasteiger partial charge in [-0.15, -0.1) is 0 Å². The quantitative estimate of drug-likeness (QED) is 0.231. The first kappa shape index (κ1) is 31.9. The maximum absolute atomic E-state index is 13.1. The Bertz CT molecular complexity index is 1740. The molecule has 0 bridgehead atoms. The molecule has 1 aliphatic heterocycles. The number of pyridine rings is 1. The number of ether oxygens (including phenoxy) is 2. The Morgan fingerprint density at radius 2 is 1.82 bits per heavy atom. The van der Waals surface area contributed by atoms with Crippen LogP contribution in [0.25, 0.3) is 11.3 Å². The number of rotatable bonds is 9. The molecule has 0 spiro atoms. The van der Waals surface area contributed by atoms with Crippen LogP contribution in [0.4, 0.5) is 10.7 Å². The van der Waals surface area contributed by atoms with Crippen molar-refractivity contribution in [2.24, 2.45) is 0 Å². The second-order valence-electron chi connectivity index (χ2n) is 11.9. The number of sulfonamides is 1. The van der Waals surface area contributed by atoms with Crippen molar-refractivity contribution in [1.82, 2.24) is 24.6 Å². The molecule has 12 heteroatoms. The van der Waals surface area contributed by atoms with E-state index in [9.17, 15) is 13.2 Å². The molecule has 2 aromatic heterocycles. The third-order valence-corrected chi connectivity index (χ3v) is 8.49. The molecule has 1 aliphatic rings. The fourth-order valence-electron chi connectivity index (χ4n) is 4.83. The van der Waals surface area contributed by atoms with Crippen molar-refractivity contribution in [3.63, 3.8) is 0 Å². The lowest BCUT2D eigenvalue weighted by atomic mass is 10.1. The Kier molecular flexibility index (Phi) is 9.64. The monoisotopic (exact) mass is 630 g/mol. The normalized spacial score (nSPS) is 15.4. The number of benzene rings is 2. The first-order chi connectivity index (χ1) is 21.5. The average molecular weight is 631 g/mol. The van der Waals surface area contributed by atoms with E-state index in [0.29, 0.717) is 36.0 Å². The number of piperidine rings is 1. The number of carbonyl (C=O) groups is 1. The van der Waals surface area contributed by atoms with Crippen LogP contribution in [-0.2, 0) is 21.3 Å². The number of carbonyl (C=O) groups excluding carboxylic acids is 1. The molecule has 1 amide bonds. The Balaban J connectivity index is 1.31. The number of anilines is 1. The standard InChI is InChI=1S/C33H38N6O5S/c1-23-14-15-26(45(41,42)36-21-24-10-6-5-7-11-24)20-29(23)43-30-27(13-8-17-34-30)28-16-18-35-31(38-28)37-25-12-9-19-39(22-25)32(40)44-33(2,3)4/h5-8,10-11,13-18,20,25,36H,9,12,19,21-22H2,1-4H3,(H,35,37,38)/t25-/m0/s1. The fraction of sp³-hybridized carbons (Fsp3) is 0.333. The Hall–Kier alpha value is -4.55. The number of aromatic nitrogens is 3. The third kappa shape index (κ3) is 8.55. The van der Waals surface area contributed by atoms with Crippen LogP contribution in [-0.4, -0.2) is 59.1 Å². The van der Waals surface area contributed by atoms with E-state index in [-0.39, 0.29) is 29.5 Å². The molecule has 0 aliphatic carbocycles. The lowest BCUT2D eigenvalue weighted by molar-refractivity contribution is 0.0206. The van der Waals surface area contributed by atoms with Crippen LogP contribution >= 0.6 is 0 Å². The molecule has 3 heterocycles. The summed E-state index contributed by atoms with van der Waals surface area (Å²) in [5.41, 5.74) is 2.21. The molecule has 1 atom stereocenters. The van der Waals surface area contributed by atoms with Crippen LogP contribution in [0, 0.1) is 6.92 Å². The zero-order valence-electron chi connectivity index (χ0n) is 25.9. The van der Waals surface area contributed by atoms with Crippen molar-refractivity contribution < 1.29 is 22.7 Å². The minimum Gasteiger partial charge on any atom is -0.444 e. The number of hydrogen-bond acceptors (Lipinski definition) is 9. The second-order valence-corrected chi connectivity index (χ2v) is 13.6. The molecular formula is C33H38N6O5S. The van der Waals surface area contributed by atoms with Gasteiger partial charge in [0.1, 0.15) is 11.4 Å². The molecule has 45 heavy (non-hydrogen) atoms. The van der Waals surface area contributed by atoms with Gasteiger partial charge in [-0.05, 0) is 75.9 Å². The minimum absolute atomic E-state index is 0.0472. The first-order valence-electron chi connectivity index (χ1n) is 14.8. The van der Waals surface area contributed by atoms with E-state index in [4.69, 9.17) is 14.5 Å². The molecule has 1 saturated heterocycles. The summed E-state index contributed by atoms with van der Waals surface area (Å²) in [6.45, 7) is 8.67. The highest BCUT2D eigenvalue weighted by Gasteiger charge is 2.28. The number of hydrogen-bond donors (Lipinski definition) is 2. The van der Waals surface area contributed by atoms with Crippen molar-refractivity contribution in [2.75, 3.05) is 18.4 Å². The van der Waals surface area contributed by atoms with Crippen molar-refractivity contribution in [1.29, 1.82) is 0 Å². The predicted molar refractivity (Wildman–Crippen MR) is 171 cm³/mol. The molecule has 236 valence electrons. The minimum atomic E-state index is -3.80. The summed E-state index contributed by atoms with van der Waals surface area (Å²) in [5.74, 6) is 1.03. The van der Waals surface area contributed by atoms with E-state index >= 15 is 0 Å². The van der Waals surface area contributed by atoms with Gasteiger partial charge in [-0.25, -0.2) is 32.9 Å². The molecular weight excluding hydrogens is 592 g/mol. The maximum atomic E-state index is 13.1. The summed E-state index contributed by atoms with van der Waals surface area (Å²) in [5, 5.41) is 3.36. The van der Waals surface area contributed by atoms with Crippen molar-refractivity contribution >= 4 is 22.1 Å². The molecule has 5 rings (SSSR count). The number of nitrogens with zero attached hydrogens (tertiary/aromatic N) is 4. The zero-order valence-corrected chi connectivity index (χ0v) is 26.7. The van der Waals surface area contributed by atoms with E-state index in [1.54, 1.807) is 41.6 Å². The van der Waals surface area contributed by atoms with Gasteiger partial charge in [0.05, 0.1) is 16.2 Å². The van der Waals surface area contributed by atoms with Crippen LogP contribution < -0.4 is 14.8 Å². The van der Waals surface area contributed by atoms with Gasteiger partial charge in [0.2, 0.25) is 21.9 Å². The third-order valence-electron chi connectivity index (χ3n) is 7.09. The Morgan fingerprint density at radius 3 is 2.60 bits per heavy atom. The molecule has 0 saturated carbocycles. The number of amides is 1. The number of likely N-dealkylation sites (tertiary alicyclic amines) is 1. The molecule has 2 aromatic carbocycles. The molecule has 0 radical (unpaired) electrons. The summed E-state index contributed by atoms with van der Waals surface area (Å²) in [7, 11) is -3.80. The first-order valence-corrected chi connectivity index (χ1v) is 16.3. The van der Waals surface area contributed by atoms with Gasteiger partial charge in [-0.2, -0.15) is 0 Å². The SMILES string of the molecule is Cc1ccc(S(=O)(=O)NCc2ccccc2)cc1Oc1ncccc1-c1ccnc(N[C@H]2CCCN(C(=O)OC(C)(C)C)C2)n1. The number of nitrogens with one attached hydrogen (secondary N) is 2. The Morgan fingerprint density at radius 1 is 1.02 bits per heavy atom. The number of aryl methyl sites for hydroxylation is 1. The van der Waals surface area contributed by atoms with Crippen molar-refractivity contribution in [3.8, 4) is 22.9 Å². The average Bonchev–Trinajstić information content (AvgIpc) is 3.01. The van der Waals surface area contributed by atoms with Crippen molar-refractivity contribution in [3.05, 3.63) is 90.3 Å². The summed E-state index contributed by atoms with van der Waals surface area (Å²) < 4.78 is 40.6. The second kappa shape index (κ2) is 13.6. The predicted octanol–water partition coefficient (Wildman–Crippen LogP) is 5.93. The zero-order chi connectivity index (χ0) is 32.0. The highest BCUT2D eigenvalue weighted by molar-refractivity contribution is 7.89. The van der Waals surface area contributed by atoms with Crippen LogP contribution in [0.3, 0.4) is 0 Å². The van der Waals surface area contributed by atoms with Gasteiger partial charge in [0.25, 0.3) is 0 Å². The fourth-order valence-corrected chi connectivity index (χ4v) is 5.87. The Labute approximate surface area is 264 Å². The van der Waals surface area contributed by atoms with Crippen LogP contribution in [0.5, 0.6) is 11.6 Å². The van der Waals surface area contributed by atoms with Crippen LogP contribution in [0.1, 0.15) is 44.7 Å². The van der Waals surface area contributed by atoms with E-state index in [1.165, 1.54) is 6.07 Å². The molecule has 4 aromatic rings. The van der Waals surface area contributed by atoms with E-state index in [1.807, 2.05) is 64.1 Å². The van der Waals surface area contributed by atoms with Gasteiger partial charge in [-0.3, -0.25) is 0 Å². The lowest BCUT2D eigenvalue weighted by Crippen LogP contribution is -2.47. The molecule has 11 nitrogen and oxygen atoms in total. The summed E-state index contributed by atoms with van der Waals surface area (Å²) in [6, 6.07) is 19.4. The smallest absolute Gasteiger partial charge is 0.410 e. The van der Waals surface area contributed by atoms with Gasteiger partial charge < -0.3 is 19.7 Å². The van der Waals surface area contributed by atoms with E-state index in [2.05, 4.69) is 20.0 Å². The summed E-state index contributed by atoms with van der Waals surface area (Å²) >= 11 is 0. The summed E-state index contributed by atoms with van der Waals surface area (Å²) in [6.07, 6.45) is 4.59. The van der Waals surface area contributed by atoms with Gasteiger partial charge in [0.15, 0.2) is 0 Å². The maximum Gasteiger partial charge on any atom is 0.410 e. The largest absolute Gasteiger partial charge is 0.444 e. The highest BCUT2D eigenvalue weighted by Crippen LogP contribution is 2.33.